The predicted molar refractivity (Wildman–Crippen MR) is 110 cm³/mol. The van der Waals surface area contributed by atoms with Crippen molar-refractivity contribution >= 4 is 11.8 Å². The fourth-order valence-corrected chi connectivity index (χ4v) is 3.03. The van der Waals surface area contributed by atoms with Gasteiger partial charge in [0.25, 0.3) is 0 Å². The molecule has 0 unspecified atom stereocenters. The number of hydrogen-bond donors (Lipinski definition) is 2. The Kier molecular flexibility index (Phi) is 4.66. The lowest BCUT2D eigenvalue weighted by atomic mass is 10.00. The minimum absolute atomic E-state index is 0.429. The second kappa shape index (κ2) is 7.44. The van der Waals surface area contributed by atoms with Crippen LogP contribution in [-0.4, -0.2) is 16.8 Å². The van der Waals surface area contributed by atoms with Crippen LogP contribution in [0.5, 0.6) is 0 Å². The van der Waals surface area contributed by atoms with Crippen molar-refractivity contribution in [1.82, 2.24) is 4.98 Å². The molecule has 6 heteroatoms. The molecule has 29 heavy (non-hydrogen) atoms. The highest BCUT2D eigenvalue weighted by atomic mass is 16.3. The smallest absolute Gasteiger partial charge is 0.248 e. The third-order valence-electron chi connectivity index (χ3n) is 4.57. The predicted octanol–water partition coefficient (Wildman–Crippen LogP) is 3.87. The van der Waals surface area contributed by atoms with Crippen molar-refractivity contribution in [1.29, 1.82) is 0 Å². The third-order valence-corrected chi connectivity index (χ3v) is 4.57. The number of rotatable bonds is 5. The first kappa shape index (κ1) is 18.2. The van der Waals surface area contributed by atoms with E-state index in [9.17, 15) is 9.59 Å². The molecule has 0 spiro atoms. The van der Waals surface area contributed by atoms with E-state index in [-0.39, 0.29) is 0 Å². The van der Waals surface area contributed by atoms with Gasteiger partial charge in [0.05, 0.1) is 12.0 Å². The maximum Gasteiger partial charge on any atom is 0.248 e. The highest BCUT2D eigenvalue weighted by Gasteiger charge is 2.11. The number of benzene rings is 2. The van der Waals surface area contributed by atoms with Crippen LogP contribution in [0.3, 0.4) is 0 Å². The molecule has 2 aromatic heterocycles. The molecule has 2 heterocycles. The molecule has 0 fully saturated rings. The van der Waals surface area contributed by atoms with Crippen LogP contribution in [0.25, 0.3) is 33.8 Å². The van der Waals surface area contributed by atoms with Crippen molar-refractivity contribution in [3.63, 3.8) is 0 Å². The van der Waals surface area contributed by atoms with Crippen molar-refractivity contribution in [2.45, 2.75) is 0 Å². The summed E-state index contributed by atoms with van der Waals surface area (Å²) < 4.78 is 5.52. The Labute approximate surface area is 166 Å². The molecule has 142 valence electrons. The lowest BCUT2D eigenvalue weighted by molar-refractivity contribution is 0.0992. The number of furan rings is 1. The largest absolute Gasteiger partial charge is 0.463 e. The van der Waals surface area contributed by atoms with Gasteiger partial charge >= 0.3 is 0 Å². The van der Waals surface area contributed by atoms with Crippen molar-refractivity contribution in [2.24, 2.45) is 11.5 Å². The van der Waals surface area contributed by atoms with Crippen molar-refractivity contribution in [2.75, 3.05) is 0 Å². The Morgan fingerprint density at radius 3 is 1.76 bits per heavy atom. The average molecular weight is 383 g/mol. The maximum atomic E-state index is 11.3. The molecule has 0 saturated heterocycles. The summed E-state index contributed by atoms with van der Waals surface area (Å²) in [6, 6.07) is 21.5. The average Bonchev–Trinajstić information content (AvgIpc) is 3.28. The number of pyridine rings is 1. The molecular weight excluding hydrogens is 366 g/mol. The van der Waals surface area contributed by atoms with E-state index < -0.39 is 11.8 Å². The molecule has 4 aromatic rings. The van der Waals surface area contributed by atoms with E-state index in [4.69, 9.17) is 20.9 Å². The molecule has 0 radical (unpaired) electrons. The molecule has 0 aliphatic rings. The number of amides is 2. The van der Waals surface area contributed by atoms with Gasteiger partial charge in [0.1, 0.15) is 5.69 Å². The Morgan fingerprint density at radius 2 is 1.24 bits per heavy atom. The molecule has 6 nitrogen and oxygen atoms in total. The Bertz CT molecular complexity index is 1100. The van der Waals surface area contributed by atoms with Gasteiger partial charge in [0.15, 0.2) is 5.76 Å². The summed E-state index contributed by atoms with van der Waals surface area (Å²) in [5.41, 5.74) is 15.5. The zero-order valence-electron chi connectivity index (χ0n) is 15.3. The van der Waals surface area contributed by atoms with Crippen LogP contribution in [0.2, 0.25) is 0 Å². The van der Waals surface area contributed by atoms with Crippen LogP contribution in [-0.2, 0) is 0 Å². The van der Waals surface area contributed by atoms with Gasteiger partial charge in [-0.1, -0.05) is 24.3 Å². The number of nitrogens with two attached hydrogens (primary N) is 2. The molecular formula is C23H17N3O3. The molecule has 0 aliphatic heterocycles. The summed E-state index contributed by atoms with van der Waals surface area (Å²) in [4.78, 5) is 27.4. The zero-order chi connectivity index (χ0) is 20.4. The number of nitrogens with zero attached hydrogens (tertiary/aromatic N) is 1. The van der Waals surface area contributed by atoms with Gasteiger partial charge in [-0.3, -0.25) is 9.59 Å². The lowest BCUT2D eigenvalue weighted by Gasteiger charge is -2.09. The Hall–Kier alpha value is -4.19. The number of aromatic nitrogens is 1. The quantitative estimate of drug-likeness (QED) is 0.544. The van der Waals surface area contributed by atoms with Gasteiger partial charge in [-0.05, 0) is 59.7 Å². The first-order valence-electron chi connectivity index (χ1n) is 8.88. The SMILES string of the molecule is NC(=O)c1ccc(-c2cc(-c3ccc(C(N)=O)cc3)nc(-c3ccco3)c2)cc1. The number of carbonyl (C=O) groups excluding carboxylic acids is 2. The van der Waals surface area contributed by atoms with Gasteiger partial charge < -0.3 is 15.9 Å². The van der Waals surface area contributed by atoms with E-state index in [1.54, 1.807) is 48.7 Å². The van der Waals surface area contributed by atoms with E-state index in [0.717, 1.165) is 16.7 Å². The van der Waals surface area contributed by atoms with Gasteiger partial charge in [0.2, 0.25) is 11.8 Å². The van der Waals surface area contributed by atoms with Gasteiger partial charge in [-0.2, -0.15) is 0 Å². The van der Waals surface area contributed by atoms with Crippen LogP contribution < -0.4 is 11.5 Å². The second-order valence-electron chi connectivity index (χ2n) is 6.49. The lowest BCUT2D eigenvalue weighted by Crippen LogP contribution is -2.10. The Morgan fingerprint density at radius 1 is 0.690 bits per heavy atom. The van der Waals surface area contributed by atoms with Crippen molar-refractivity contribution < 1.29 is 14.0 Å². The van der Waals surface area contributed by atoms with E-state index in [1.165, 1.54) is 0 Å². The van der Waals surface area contributed by atoms with Crippen LogP contribution in [0.1, 0.15) is 20.7 Å². The summed E-state index contributed by atoms with van der Waals surface area (Å²) >= 11 is 0. The summed E-state index contributed by atoms with van der Waals surface area (Å²) in [7, 11) is 0. The van der Waals surface area contributed by atoms with Gasteiger partial charge in [-0.15, -0.1) is 0 Å². The van der Waals surface area contributed by atoms with Crippen molar-refractivity contribution in [3.8, 4) is 33.8 Å². The first-order valence-corrected chi connectivity index (χ1v) is 8.88. The molecule has 4 N–H and O–H groups in total. The monoisotopic (exact) mass is 383 g/mol. The molecule has 0 aliphatic carbocycles. The third kappa shape index (κ3) is 3.77. The number of hydrogen-bond acceptors (Lipinski definition) is 4. The van der Waals surface area contributed by atoms with E-state index in [1.807, 2.05) is 30.3 Å². The second-order valence-corrected chi connectivity index (χ2v) is 6.49. The topological polar surface area (TPSA) is 112 Å². The highest BCUT2D eigenvalue weighted by Crippen LogP contribution is 2.30. The molecule has 0 saturated carbocycles. The number of primary amides is 2. The van der Waals surface area contributed by atoms with E-state index >= 15 is 0 Å². The normalized spacial score (nSPS) is 10.6. The standard InChI is InChI=1S/C23H17N3O3/c24-22(27)16-7-3-14(4-8-16)18-12-19(15-5-9-17(10-6-15)23(25)28)26-20(13-18)21-2-1-11-29-21/h1-13H,(H2,24,27)(H2,25,28). The van der Waals surface area contributed by atoms with Gasteiger partial charge in [-0.25, -0.2) is 4.98 Å². The van der Waals surface area contributed by atoms with Crippen molar-refractivity contribution in [3.05, 3.63) is 90.2 Å². The van der Waals surface area contributed by atoms with Crippen LogP contribution >= 0.6 is 0 Å². The van der Waals surface area contributed by atoms with E-state index in [2.05, 4.69) is 0 Å². The Balaban J connectivity index is 1.83. The molecule has 2 amide bonds. The molecule has 0 atom stereocenters. The van der Waals surface area contributed by atoms with E-state index in [0.29, 0.717) is 28.3 Å². The molecule has 0 bridgehead atoms. The summed E-state index contributed by atoms with van der Waals surface area (Å²) in [6.45, 7) is 0. The number of carbonyl (C=O) groups is 2. The minimum atomic E-state index is -0.482. The fraction of sp³-hybridized carbons (Fsp3) is 0. The zero-order valence-corrected chi connectivity index (χ0v) is 15.3. The van der Waals surface area contributed by atoms with Crippen LogP contribution in [0.4, 0.5) is 0 Å². The first-order chi connectivity index (χ1) is 14.0. The maximum absolute atomic E-state index is 11.3. The summed E-state index contributed by atoms with van der Waals surface area (Å²) in [5.74, 6) is -0.322. The fourth-order valence-electron chi connectivity index (χ4n) is 3.03. The van der Waals surface area contributed by atoms with Crippen LogP contribution in [0.15, 0.2) is 83.5 Å². The molecule has 4 rings (SSSR count). The highest BCUT2D eigenvalue weighted by molar-refractivity contribution is 5.94. The minimum Gasteiger partial charge on any atom is -0.463 e. The molecule has 2 aromatic carbocycles. The summed E-state index contributed by atoms with van der Waals surface area (Å²) in [5, 5.41) is 0. The van der Waals surface area contributed by atoms with Crippen LogP contribution in [0, 0.1) is 0 Å². The van der Waals surface area contributed by atoms with Gasteiger partial charge in [0, 0.05) is 16.7 Å². The summed E-state index contributed by atoms with van der Waals surface area (Å²) in [6.07, 6.45) is 1.59.